The van der Waals surface area contributed by atoms with Crippen LogP contribution in [-0.4, -0.2) is 16.1 Å². The molecule has 7 heteroatoms. The molecule has 0 radical (unpaired) electrons. The summed E-state index contributed by atoms with van der Waals surface area (Å²) in [7, 11) is 0. The highest BCUT2D eigenvalue weighted by Crippen LogP contribution is 2.32. The predicted octanol–water partition coefficient (Wildman–Crippen LogP) is 3.93. The average molecular weight is 299 g/mol. The van der Waals surface area contributed by atoms with Crippen molar-refractivity contribution in [1.82, 2.24) is 4.98 Å². The normalized spacial score (nSPS) is 11.9. The van der Waals surface area contributed by atoms with E-state index < -0.39 is 17.8 Å². The minimum Gasteiger partial charge on any atom is -0.478 e. The molecule has 0 saturated carbocycles. The summed E-state index contributed by atoms with van der Waals surface area (Å²) >= 11 is 1.32. The van der Waals surface area contributed by atoms with Crippen LogP contribution in [0.2, 0.25) is 0 Å². The van der Waals surface area contributed by atoms with Crippen LogP contribution < -0.4 is 0 Å². The summed E-state index contributed by atoms with van der Waals surface area (Å²) in [6, 6.07) is 3.67. The molecule has 0 amide bonds. The Kier molecular flexibility index (Phi) is 3.89. The smallest absolute Gasteiger partial charge is 0.433 e. The number of carbonyl (C=O) groups is 1. The van der Waals surface area contributed by atoms with Crippen molar-refractivity contribution in [2.75, 3.05) is 0 Å². The van der Waals surface area contributed by atoms with Crippen LogP contribution in [0.4, 0.5) is 13.2 Å². The lowest BCUT2D eigenvalue weighted by Gasteiger charge is -2.09. The Bertz CT molecular complexity index is 648. The van der Waals surface area contributed by atoms with E-state index in [1.807, 2.05) is 0 Å². The molecule has 0 unspecified atom stereocenters. The number of carboxylic acids is 1. The maximum atomic E-state index is 12.7. The zero-order valence-corrected chi connectivity index (χ0v) is 10.7. The first-order valence-electron chi connectivity index (χ1n) is 5.40. The second-order valence-corrected chi connectivity index (χ2v) is 4.60. The van der Waals surface area contributed by atoms with Crippen LogP contribution in [0.15, 0.2) is 35.0 Å². The quantitative estimate of drug-likeness (QED) is 0.874. The average Bonchev–Trinajstić information content (AvgIpc) is 2.88. The second-order valence-electron chi connectivity index (χ2n) is 3.82. The third-order valence-corrected chi connectivity index (χ3v) is 3.10. The number of pyridine rings is 1. The fourth-order valence-corrected chi connectivity index (χ4v) is 2.19. The Labute approximate surface area is 116 Å². The van der Waals surface area contributed by atoms with E-state index in [0.29, 0.717) is 11.1 Å². The van der Waals surface area contributed by atoms with E-state index >= 15 is 0 Å². The molecule has 0 atom stereocenters. The van der Waals surface area contributed by atoms with Gasteiger partial charge in [0.25, 0.3) is 0 Å². The van der Waals surface area contributed by atoms with Crippen molar-refractivity contribution in [3.8, 4) is 11.3 Å². The van der Waals surface area contributed by atoms with E-state index in [4.69, 9.17) is 5.11 Å². The molecule has 0 bridgehead atoms. The summed E-state index contributed by atoms with van der Waals surface area (Å²) in [6.07, 6.45) is -2.46. The van der Waals surface area contributed by atoms with Gasteiger partial charge in [-0.3, -0.25) is 0 Å². The fraction of sp³-hybridized carbons (Fsp3) is 0.0769. The minimum absolute atomic E-state index is 0.110. The molecule has 20 heavy (non-hydrogen) atoms. The van der Waals surface area contributed by atoms with Crippen LogP contribution in [0.25, 0.3) is 17.3 Å². The SMILES string of the molecule is O=C(O)/C=C/c1ccc(C(F)(F)F)nc1-c1ccsc1. The van der Waals surface area contributed by atoms with Crippen molar-refractivity contribution in [1.29, 1.82) is 0 Å². The summed E-state index contributed by atoms with van der Waals surface area (Å²) in [4.78, 5) is 14.1. The number of alkyl halides is 3. The Hall–Kier alpha value is -2.15. The minimum atomic E-state index is -4.54. The third-order valence-electron chi connectivity index (χ3n) is 2.42. The summed E-state index contributed by atoms with van der Waals surface area (Å²) in [5, 5.41) is 12.0. The largest absolute Gasteiger partial charge is 0.478 e. The molecule has 0 fully saturated rings. The topological polar surface area (TPSA) is 50.2 Å². The van der Waals surface area contributed by atoms with Gasteiger partial charge in [-0.2, -0.15) is 24.5 Å². The zero-order chi connectivity index (χ0) is 14.8. The Morgan fingerprint density at radius 3 is 2.60 bits per heavy atom. The third kappa shape index (κ3) is 3.24. The predicted molar refractivity (Wildman–Crippen MR) is 69.2 cm³/mol. The molecular formula is C13H8F3NO2S. The van der Waals surface area contributed by atoms with E-state index in [1.54, 1.807) is 16.8 Å². The van der Waals surface area contributed by atoms with Gasteiger partial charge in [0.1, 0.15) is 5.69 Å². The number of hydrogen-bond donors (Lipinski definition) is 1. The lowest BCUT2D eigenvalue weighted by atomic mass is 10.1. The summed E-state index contributed by atoms with van der Waals surface area (Å²) in [5.74, 6) is -1.18. The van der Waals surface area contributed by atoms with Crippen molar-refractivity contribution in [3.05, 3.63) is 46.3 Å². The molecule has 3 nitrogen and oxygen atoms in total. The van der Waals surface area contributed by atoms with Gasteiger partial charge in [0.05, 0.1) is 5.69 Å². The maximum absolute atomic E-state index is 12.7. The number of halogens is 3. The molecular weight excluding hydrogens is 291 g/mol. The van der Waals surface area contributed by atoms with Gasteiger partial charge in [-0.05, 0) is 23.6 Å². The Morgan fingerprint density at radius 2 is 2.05 bits per heavy atom. The fourth-order valence-electron chi connectivity index (χ4n) is 1.55. The van der Waals surface area contributed by atoms with E-state index in [0.717, 1.165) is 12.1 Å². The van der Waals surface area contributed by atoms with Crippen molar-refractivity contribution in [3.63, 3.8) is 0 Å². The second kappa shape index (κ2) is 5.46. The number of carboxylic acid groups (broad SMARTS) is 1. The Balaban J connectivity index is 2.55. The van der Waals surface area contributed by atoms with Gasteiger partial charge >= 0.3 is 12.1 Å². The van der Waals surface area contributed by atoms with Crippen LogP contribution in [0, 0.1) is 0 Å². The molecule has 1 N–H and O–H groups in total. The van der Waals surface area contributed by atoms with Gasteiger partial charge < -0.3 is 5.11 Å². The van der Waals surface area contributed by atoms with E-state index in [1.165, 1.54) is 23.5 Å². The van der Waals surface area contributed by atoms with Crippen LogP contribution in [-0.2, 0) is 11.0 Å². The molecule has 2 rings (SSSR count). The molecule has 2 aromatic rings. The van der Waals surface area contributed by atoms with Gasteiger partial charge in [-0.15, -0.1) is 0 Å². The molecule has 0 aromatic carbocycles. The van der Waals surface area contributed by atoms with E-state index in [9.17, 15) is 18.0 Å². The van der Waals surface area contributed by atoms with Gasteiger partial charge in [-0.1, -0.05) is 6.07 Å². The summed E-state index contributed by atoms with van der Waals surface area (Å²) in [5.41, 5.74) is -0.0605. The van der Waals surface area contributed by atoms with Crippen LogP contribution in [0.3, 0.4) is 0 Å². The van der Waals surface area contributed by atoms with E-state index in [-0.39, 0.29) is 5.69 Å². The van der Waals surface area contributed by atoms with Crippen LogP contribution >= 0.6 is 11.3 Å². The molecule has 2 aromatic heterocycles. The molecule has 0 aliphatic heterocycles. The zero-order valence-electron chi connectivity index (χ0n) is 9.89. The molecule has 2 heterocycles. The molecule has 0 saturated heterocycles. The monoisotopic (exact) mass is 299 g/mol. The first kappa shape index (κ1) is 14.3. The van der Waals surface area contributed by atoms with E-state index in [2.05, 4.69) is 4.98 Å². The number of aromatic nitrogens is 1. The number of nitrogens with zero attached hydrogens (tertiary/aromatic N) is 1. The van der Waals surface area contributed by atoms with Crippen molar-refractivity contribution < 1.29 is 23.1 Å². The van der Waals surface area contributed by atoms with Crippen LogP contribution in [0.5, 0.6) is 0 Å². The van der Waals surface area contributed by atoms with Gasteiger partial charge in [0.15, 0.2) is 0 Å². The lowest BCUT2D eigenvalue weighted by molar-refractivity contribution is -0.141. The van der Waals surface area contributed by atoms with Gasteiger partial charge in [-0.25, -0.2) is 9.78 Å². The lowest BCUT2D eigenvalue weighted by Crippen LogP contribution is -2.08. The number of hydrogen-bond acceptors (Lipinski definition) is 3. The molecule has 0 aliphatic rings. The highest BCUT2D eigenvalue weighted by Gasteiger charge is 2.33. The van der Waals surface area contributed by atoms with Gasteiger partial charge in [0, 0.05) is 22.6 Å². The van der Waals surface area contributed by atoms with Crippen LogP contribution in [0.1, 0.15) is 11.3 Å². The number of aliphatic carboxylic acids is 1. The maximum Gasteiger partial charge on any atom is 0.433 e. The Morgan fingerprint density at radius 1 is 1.30 bits per heavy atom. The van der Waals surface area contributed by atoms with Crippen molar-refractivity contribution >= 4 is 23.4 Å². The van der Waals surface area contributed by atoms with Gasteiger partial charge in [0.2, 0.25) is 0 Å². The molecule has 104 valence electrons. The molecule has 0 spiro atoms. The first-order valence-corrected chi connectivity index (χ1v) is 6.34. The number of rotatable bonds is 3. The highest BCUT2D eigenvalue weighted by molar-refractivity contribution is 7.08. The first-order chi connectivity index (χ1) is 9.38. The standard InChI is InChI=1S/C13H8F3NO2S/c14-13(15,16)10-3-1-8(2-4-11(18)19)12(17-10)9-5-6-20-7-9/h1-7H,(H,18,19)/b4-2+. The highest BCUT2D eigenvalue weighted by atomic mass is 32.1. The number of thiophene rings is 1. The van der Waals surface area contributed by atoms with Crippen molar-refractivity contribution in [2.45, 2.75) is 6.18 Å². The molecule has 0 aliphatic carbocycles. The summed E-state index contributed by atoms with van der Waals surface area (Å²) < 4.78 is 38.0. The van der Waals surface area contributed by atoms with Crippen molar-refractivity contribution in [2.24, 2.45) is 0 Å². The summed E-state index contributed by atoms with van der Waals surface area (Å²) in [6.45, 7) is 0.